The van der Waals surface area contributed by atoms with Crippen molar-refractivity contribution >= 4 is 0 Å². The molecule has 0 unspecified atom stereocenters. The third kappa shape index (κ3) is 2.78. The van der Waals surface area contributed by atoms with Gasteiger partial charge in [0.15, 0.2) is 0 Å². The Balaban J connectivity index is 2.17. The van der Waals surface area contributed by atoms with Gasteiger partial charge in [0.25, 0.3) is 5.69 Å². The van der Waals surface area contributed by atoms with Gasteiger partial charge < -0.3 is 14.8 Å². The van der Waals surface area contributed by atoms with Gasteiger partial charge in [0.2, 0.25) is 0 Å². The molecule has 2 aromatic rings. The van der Waals surface area contributed by atoms with Crippen LogP contribution >= 0.6 is 0 Å². The molecule has 1 heterocycles. The van der Waals surface area contributed by atoms with Gasteiger partial charge in [0.1, 0.15) is 13.2 Å². The maximum atomic E-state index is 11.5. The summed E-state index contributed by atoms with van der Waals surface area (Å²) < 4.78 is 10.1. The van der Waals surface area contributed by atoms with Gasteiger partial charge in [-0.25, -0.2) is 0 Å². The molecular weight excluding hydrogens is 234 g/mol. The number of hydrogen-bond donors (Lipinski definition) is 1. The van der Waals surface area contributed by atoms with Gasteiger partial charge in [-0.2, -0.15) is 0 Å². The molecule has 0 aliphatic carbocycles. The molecule has 96 valence electrons. The van der Waals surface area contributed by atoms with Crippen LogP contribution in [0.4, 0.5) is 0 Å². The molecule has 18 heavy (non-hydrogen) atoms. The Labute approximate surface area is 105 Å². The van der Waals surface area contributed by atoms with Gasteiger partial charge in [0.05, 0.1) is 19.3 Å². The Morgan fingerprint density at radius 3 is 2.72 bits per heavy atom. The summed E-state index contributed by atoms with van der Waals surface area (Å²) >= 11 is 0. The number of aromatic nitrogens is 2. The number of rotatable bonds is 5. The fraction of sp³-hybridized carbons (Fsp3) is 0.333. The minimum absolute atomic E-state index is 0.234. The Bertz CT molecular complexity index is 497. The van der Waals surface area contributed by atoms with Crippen LogP contribution in [0.2, 0.25) is 0 Å². The van der Waals surface area contributed by atoms with Gasteiger partial charge in [0, 0.05) is 5.56 Å². The van der Waals surface area contributed by atoms with Crippen LogP contribution in [0.15, 0.2) is 35.0 Å². The summed E-state index contributed by atoms with van der Waals surface area (Å²) in [6, 6.07) is 9.18. The Kier molecular flexibility index (Phi) is 3.78. The van der Waals surface area contributed by atoms with E-state index in [4.69, 9.17) is 4.74 Å². The number of benzene rings is 1. The van der Waals surface area contributed by atoms with E-state index in [0.29, 0.717) is 17.2 Å². The summed E-state index contributed by atoms with van der Waals surface area (Å²) in [5.41, 5.74) is 1.03. The van der Waals surface area contributed by atoms with E-state index in [1.54, 1.807) is 0 Å². The number of nitrogens with zero attached hydrogens (tertiary/aromatic N) is 2. The molecule has 6 heteroatoms. The molecule has 0 amide bonds. The van der Waals surface area contributed by atoms with Crippen LogP contribution in [0.3, 0.4) is 0 Å². The molecule has 0 radical (unpaired) electrons. The summed E-state index contributed by atoms with van der Waals surface area (Å²) in [4.78, 5) is 1.63. The molecule has 2 rings (SSSR count). The third-order valence-electron chi connectivity index (χ3n) is 2.47. The van der Waals surface area contributed by atoms with Crippen molar-refractivity contribution in [2.24, 2.45) is 0 Å². The molecule has 1 aromatic carbocycles. The first-order valence-corrected chi connectivity index (χ1v) is 5.75. The van der Waals surface area contributed by atoms with Crippen LogP contribution in [0, 0.1) is 5.21 Å². The van der Waals surface area contributed by atoms with E-state index in [0.717, 1.165) is 12.1 Å². The van der Waals surface area contributed by atoms with E-state index in [1.165, 1.54) is 4.90 Å². The number of quaternary nitrogens is 1. The average Bonchev–Trinajstić information content (AvgIpc) is 2.71. The first-order chi connectivity index (χ1) is 8.68. The van der Waals surface area contributed by atoms with E-state index in [-0.39, 0.29) is 5.88 Å². The smallest absolute Gasteiger partial charge is 0.403 e. The zero-order valence-corrected chi connectivity index (χ0v) is 10.4. The fourth-order valence-electron chi connectivity index (χ4n) is 1.51. The van der Waals surface area contributed by atoms with Crippen LogP contribution in [0.25, 0.3) is 11.3 Å². The summed E-state index contributed by atoms with van der Waals surface area (Å²) in [5.74, 6) is 0.234. The lowest BCUT2D eigenvalue weighted by molar-refractivity contribution is -0.858. The Hall–Kier alpha value is -2.08. The third-order valence-corrected chi connectivity index (χ3v) is 2.47. The van der Waals surface area contributed by atoms with E-state index >= 15 is 0 Å². The SMILES string of the molecule is C[NH+](C)CCOc1no[n+]([O-])c1-c1ccccc1. The molecular formula is C12H16N3O3+. The zero-order valence-electron chi connectivity index (χ0n) is 10.4. The highest BCUT2D eigenvalue weighted by Crippen LogP contribution is 2.23. The molecule has 0 fully saturated rings. The van der Waals surface area contributed by atoms with Gasteiger partial charge in [-0.05, 0) is 4.90 Å². The number of nitrogens with one attached hydrogen (secondary N) is 1. The predicted molar refractivity (Wildman–Crippen MR) is 64.1 cm³/mol. The van der Waals surface area contributed by atoms with Crippen LogP contribution in [-0.2, 0) is 0 Å². The first-order valence-electron chi connectivity index (χ1n) is 5.75. The van der Waals surface area contributed by atoms with E-state index in [1.807, 2.05) is 44.4 Å². The van der Waals surface area contributed by atoms with Gasteiger partial charge in [-0.15, -0.1) is 0 Å². The zero-order chi connectivity index (χ0) is 13.0. The standard InChI is InChI=1S/C12H15N3O3/c1-14(2)8-9-17-12-11(15(16)18-13-12)10-6-4-3-5-7-10/h3-7H,8-9H2,1-2H3/p+1. The highest BCUT2D eigenvalue weighted by Gasteiger charge is 2.22. The Morgan fingerprint density at radius 1 is 1.33 bits per heavy atom. The largest absolute Gasteiger partial charge is 0.449 e. The van der Waals surface area contributed by atoms with Crippen molar-refractivity contribution in [1.82, 2.24) is 5.16 Å². The summed E-state index contributed by atoms with van der Waals surface area (Å²) in [6.07, 6.45) is 0. The minimum Gasteiger partial charge on any atom is -0.449 e. The highest BCUT2D eigenvalue weighted by molar-refractivity contribution is 5.60. The second-order valence-electron chi connectivity index (χ2n) is 4.26. The lowest BCUT2D eigenvalue weighted by Gasteiger charge is -2.06. The van der Waals surface area contributed by atoms with Gasteiger partial charge in [-0.1, -0.05) is 30.3 Å². The van der Waals surface area contributed by atoms with Crippen molar-refractivity contribution in [1.29, 1.82) is 0 Å². The maximum Gasteiger partial charge on any atom is 0.403 e. The molecule has 0 spiro atoms. The normalized spacial score (nSPS) is 10.8. The molecule has 0 atom stereocenters. The quantitative estimate of drug-likeness (QED) is 0.726. The maximum absolute atomic E-state index is 11.5. The number of hydrogen-bond acceptors (Lipinski definition) is 4. The van der Waals surface area contributed by atoms with Crippen LogP contribution in [-0.4, -0.2) is 32.4 Å². The molecule has 1 aromatic heterocycles. The van der Waals surface area contributed by atoms with E-state index in [9.17, 15) is 5.21 Å². The topological polar surface area (TPSA) is 66.6 Å². The van der Waals surface area contributed by atoms with Crippen molar-refractivity contribution in [2.45, 2.75) is 0 Å². The Morgan fingerprint density at radius 2 is 2.06 bits per heavy atom. The first kappa shape index (κ1) is 12.4. The second kappa shape index (κ2) is 5.50. The lowest BCUT2D eigenvalue weighted by atomic mass is 10.2. The lowest BCUT2D eigenvalue weighted by Crippen LogP contribution is -3.06. The molecule has 0 bridgehead atoms. The van der Waals surface area contributed by atoms with Crippen molar-refractivity contribution in [2.75, 3.05) is 27.2 Å². The average molecular weight is 250 g/mol. The summed E-state index contributed by atoms with van der Waals surface area (Å²) in [5, 5.41) is 15.2. The predicted octanol–water partition coefficient (Wildman–Crippen LogP) is -0.502. The fourth-order valence-corrected chi connectivity index (χ4v) is 1.51. The van der Waals surface area contributed by atoms with E-state index < -0.39 is 0 Å². The highest BCUT2D eigenvalue weighted by atomic mass is 16.8. The molecule has 0 aliphatic rings. The monoisotopic (exact) mass is 250 g/mol. The van der Waals surface area contributed by atoms with Crippen molar-refractivity contribution in [3.8, 4) is 17.1 Å². The number of likely N-dealkylation sites (N-methyl/N-ethyl adjacent to an activating group) is 1. The van der Waals surface area contributed by atoms with Gasteiger partial charge in [-0.3, -0.25) is 4.63 Å². The minimum atomic E-state index is 0.234. The summed E-state index contributed by atoms with van der Waals surface area (Å²) in [7, 11) is 4.05. The van der Waals surface area contributed by atoms with Crippen molar-refractivity contribution < 1.29 is 19.2 Å². The van der Waals surface area contributed by atoms with Crippen molar-refractivity contribution in [3.05, 3.63) is 35.5 Å². The van der Waals surface area contributed by atoms with E-state index in [2.05, 4.69) is 9.79 Å². The van der Waals surface area contributed by atoms with Crippen molar-refractivity contribution in [3.63, 3.8) is 0 Å². The van der Waals surface area contributed by atoms with Gasteiger partial charge >= 0.3 is 5.88 Å². The van der Waals surface area contributed by atoms with Crippen LogP contribution < -0.4 is 14.5 Å². The molecule has 0 aliphatic heterocycles. The molecule has 6 nitrogen and oxygen atoms in total. The van der Waals surface area contributed by atoms with Crippen LogP contribution in [0.5, 0.6) is 5.88 Å². The molecule has 0 saturated carbocycles. The molecule has 1 N–H and O–H groups in total. The molecule has 0 saturated heterocycles. The summed E-state index contributed by atoms with van der Waals surface area (Å²) in [6.45, 7) is 1.30. The second-order valence-corrected chi connectivity index (χ2v) is 4.26. The number of ether oxygens (including phenoxy) is 1. The van der Waals surface area contributed by atoms with Crippen LogP contribution in [0.1, 0.15) is 0 Å².